The highest BCUT2D eigenvalue weighted by atomic mass is 16.4. The van der Waals surface area contributed by atoms with Gasteiger partial charge >= 0.3 is 5.97 Å². The van der Waals surface area contributed by atoms with Gasteiger partial charge in [0.2, 0.25) is 0 Å². The van der Waals surface area contributed by atoms with E-state index in [0.29, 0.717) is 6.42 Å². The zero-order valence-electron chi connectivity index (χ0n) is 16.3. The Kier molecular flexibility index (Phi) is 5.89. The summed E-state index contributed by atoms with van der Waals surface area (Å²) in [4.78, 5) is 15.3. The lowest BCUT2D eigenvalue weighted by Crippen LogP contribution is -2.06. The molecule has 5 nitrogen and oxygen atoms in total. The van der Waals surface area contributed by atoms with Crippen LogP contribution in [-0.4, -0.2) is 25.7 Å². The summed E-state index contributed by atoms with van der Waals surface area (Å²) in [5.41, 5.74) is 7.98. The van der Waals surface area contributed by atoms with Gasteiger partial charge in [-0.3, -0.25) is 9.78 Å². The van der Waals surface area contributed by atoms with E-state index in [9.17, 15) is 4.79 Å². The molecule has 0 spiro atoms. The lowest BCUT2D eigenvalue weighted by Gasteiger charge is -2.16. The summed E-state index contributed by atoms with van der Waals surface area (Å²) < 4.78 is 2.05. The van der Waals surface area contributed by atoms with Gasteiger partial charge in [-0.2, -0.15) is 5.10 Å². The fraction of sp³-hybridized carbons (Fsp3) is 0.409. The van der Waals surface area contributed by atoms with E-state index in [1.165, 1.54) is 22.4 Å². The van der Waals surface area contributed by atoms with Gasteiger partial charge in [-0.1, -0.05) is 13.8 Å². The first kappa shape index (κ1) is 19.1. The molecule has 0 saturated carbocycles. The molecule has 0 aliphatic rings. The molecule has 3 rings (SSSR count). The minimum Gasteiger partial charge on any atom is -0.481 e. The third-order valence-electron chi connectivity index (χ3n) is 5.10. The van der Waals surface area contributed by atoms with Crippen molar-refractivity contribution in [3.8, 4) is 11.1 Å². The predicted molar refractivity (Wildman–Crippen MR) is 107 cm³/mol. The number of carboxylic acid groups (broad SMARTS) is 1. The Balaban J connectivity index is 2.12. The largest absolute Gasteiger partial charge is 0.481 e. The van der Waals surface area contributed by atoms with E-state index in [0.717, 1.165) is 42.5 Å². The van der Waals surface area contributed by atoms with Crippen LogP contribution in [0.4, 0.5) is 0 Å². The number of nitrogens with zero attached hydrogens (tertiary/aromatic N) is 3. The number of fused-ring (bicyclic) bond motifs is 1. The Morgan fingerprint density at radius 1 is 1.15 bits per heavy atom. The second-order valence-electron chi connectivity index (χ2n) is 6.95. The monoisotopic (exact) mass is 365 g/mol. The molecule has 0 bridgehead atoms. The highest BCUT2D eigenvalue weighted by Gasteiger charge is 2.17. The molecule has 0 radical (unpaired) electrons. The van der Waals surface area contributed by atoms with Crippen LogP contribution in [0.1, 0.15) is 55.6 Å². The lowest BCUT2D eigenvalue weighted by molar-refractivity contribution is -0.137. The van der Waals surface area contributed by atoms with Crippen LogP contribution in [0, 0.1) is 6.92 Å². The fourth-order valence-electron chi connectivity index (χ4n) is 3.62. The van der Waals surface area contributed by atoms with Crippen molar-refractivity contribution < 1.29 is 9.90 Å². The second kappa shape index (κ2) is 8.33. The first-order chi connectivity index (χ1) is 13.0. The molecule has 0 aliphatic heterocycles. The number of aliphatic carboxylic acids is 1. The molecule has 3 aromatic rings. The molecule has 1 N–H and O–H groups in total. The average Bonchev–Trinajstić information content (AvgIpc) is 3.07. The van der Waals surface area contributed by atoms with Gasteiger partial charge in [0.25, 0.3) is 0 Å². The summed E-state index contributed by atoms with van der Waals surface area (Å²) in [7, 11) is 0. The number of hydrogen-bond acceptors (Lipinski definition) is 3. The molecule has 3 aromatic heterocycles. The standard InChI is InChI=1S/C22H27N3O2/c1-4-16-12-17(14-23-13-16)22-19(8-6-7-9-21(26)27)15(3)24-25-18(5-2)10-11-20(22)25/h10-14H,4-9H2,1-3H3,(H,26,27). The third-order valence-corrected chi connectivity index (χ3v) is 5.10. The zero-order chi connectivity index (χ0) is 19.4. The highest BCUT2D eigenvalue weighted by Crippen LogP contribution is 2.32. The molecule has 5 heteroatoms. The maximum absolute atomic E-state index is 10.8. The van der Waals surface area contributed by atoms with Crippen molar-refractivity contribution in [2.24, 2.45) is 0 Å². The van der Waals surface area contributed by atoms with E-state index in [1.54, 1.807) is 0 Å². The van der Waals surface area contributed by atoms with Crippen molar-refractivity contribution in [3.63, 3.8) is 0 Å². The maximum atomic E-state index is 10.8. The number of aryl methyl sites for hydroxylation is 3. The van der Waals surface area contributed by atoms with Crippen LogP contribution in [0.25, 0.3) is 16.6 Å². The molecular formula is C22H27N3O2. The molecule has 0 fully saturated rings. The highest BCUT2D eigenvalue weighted by molar-refractivity contribution is 5.83. The molecule has 0 unspecified atom stereocenters. The lowest BCUT2D eigenvalue weighted by atomic mass is 9.95. The summed E-state index contributed by atoms with van der Waals surface area (Å²) in [5.74, 6) is -0.737. The van der Waals surface area contributed by atoms with Gasteiger partial charge in [0.05, 0.1) is 11.2 Å². The Morgan fingerprint density at radius 2 is 1.96 bits per heavy atom. The van der Waals surface area contributed by atoms with Crippen LogP contribution >= 0.6 is 0 Å². The number of unbranched alkanes of at least 4 members (excludes halogenated alkanes) is 1. The Labute approximate surface area is 160 Å². The minimum atomic E-state index is -0.737. The average molecular weight is 365 g/mol. The molecule has 0 saturated heterocycles. The number of carbonyl (C=O) groups is 1. The number of hydrogen-bond donors (Lipinski definition) is 1. The normalized spacial score (nSPS) is 11.2. The molecule has 27 heavy (non-hydrogen) atoms. The van der Waals surface area contributed by atoms with Crippen molar-refractivity contribution in [2.45, 2.75) is 59.3 Å². The predicted octanol–water partition coefficient (Wildman–Crippen LogP) is 4.63. The van der Waals surface area contributed by atoms with Gasteiger partial charge in [0.15, 0.2) is 0 Å². The van der Waals surface area contributed by atoms with E-state index in [1.807, 2.05) is 23.8 Å². The zero-order valence-corrected chi connectivity index (χ0v) is 16.3. The first-order valence-electron chi connectivity index (χ1n) is 9.71. The summed E-state index contributed by atoms with van der Waals surface area (Å²) >= 11 is 0. The van der Waals surface area contributed by atoms with Gasteiger partial charge in [0, 0.05) is 35.6 Å². The van der Waals surface area contributed by atoms with Crippen molar-refractivity contribution in [1.82, 2.24) is 14.6 Å². The van der Waals surface area contributed by atoms with Gasteiger partial charge < -0.3 is 5.11 Å². The number of aromatic nitrogens is 3. The smallest absolute Gasteiger partial charge is 0.303 e. The quantitative estimate of drug-likeness (QED) is 0.591. The number of carboxylic acids is 1. The first-order valence-corrected chi connectivity index (χ1v) is 9.71. The van der Waals surface area contributed by atoms with Crippen LogP contribution < -0.4 is 0 Å². The van der Waals surface area contributed by atoms with Gasteiger partial charge in [-0.15, -0.1) is 0 Å². The fourth-order valence-corrected chi connectivity index (χ4v) is 3.62. The summed E-state index contributed by atoms with van der Waals surface area (Å²) in [6, 6.07) is 6.48. The van der Waals surface area contributed by atoms with E-state index < -0.39 is 5.97 Å². The van der Waals surface area contributed by atoms with Crippen LogP contribution in [-0.2, 0) is 24.1 Å². The van der Waals surface area contributed by atoms with Gasteiger partial charge in [-0.25, -0.2) is 4.52 Å². The van der Waals surface area contributed by atoms with Crippen molar-refractivity contribution in [1.29, 1.82) is 0 Å². The van der Waals surface area contributed by atoms with Crippen LogP contribution in [0.2, 0.25) is 0 Å². The van der Waals surface area contributed by atoms with Crippen LogP contribution in [0.3, 0.4) is 0 Å². The van der Waals surface area contributed by atoms with Crippen LogP contribution in [0.5, 0.6) is 0 Å². The summed E-state index contributed by atoms with van der Waals surface area (Å²) in [6.07, 6.45) is 8.24. The molecule has 0 aromatic carbocycles. The molecule has 0 aliphatic carbocycles. The topological polar surface area (TPSA) is 67.5 Å². The Bertz CT molecular complexity index is 960. The molecule has 0 amide bonds. The van der Waals surface area contributed by atoms with Crippen molar-refractivity contribution in [2.75, 3.05) is 0 Å². The van der Waals surface area contributed by atoms with Crippen LogP contribution in [0.15, 0.2) is 30.6 Å². The van der Waals surface area contributed by atoms with Gasteiger partial charge in [0.1, 0.15) is 0 Å². The SMILES string of the molecule is CCc1cncc(-c2c(CCCCC(=O)O)c(C)nn3c(CC)ccc23)c1. The number of rotatable bonds is 8. The van der Waals surface area contributed by atoms with Crippen molar-refractivity contribution >= 4 is 11.5 Å². The summed E-state index contributed by atoms with van der Waals surface area (Å²) in [5, 5.41) is 13.7. The van der Waals surface area contributed by atoms with Crippen molar-refractivity contribution in [3.05, 3.63) is 53.1 Å². The molecule has 3 heterocycles. The van der Waals surface area contributed by atoms with E-state index >= 15 is 0 Å². The Hall–Kier alpha value is -2.69. The second-order valence-corrected chi connectivity index (χ2v) is 6.95. The molecule has 0 atom stereocenters. The third kappa shape index (κ3) is 4.02. The van der Waals surface area contributed by atoms with E-state index in [2.05, 4.69) is 37.0 Å². The molecular weight excluding hydrogens is 338 g/mol. The molecule has 142 valence electrons. The summed E-state index contributed by atoms with van der Waals surface area (Å²) in [6.45, 7) is 6.32. The Morgan fingerprint density at radius 3 is 2.67 bits per heavy atom. The minimum absolute atomic E-state index is 0.210. The maximum Gasteiger partial charge on any atom is 0.303 e. The number of pyridine rings is 1. The van der Waals surface area contributed by atoms with E-state index in [-0.39, 0.29) is 6.42 Å². The van der Waals surface area contributed by atoms with Gasteiger partial charge in [-0.05, 0) is 68.4 Å². The van der Waals surface area contributed by atoms with E-state index in [4.69, 9.17) is 10.2 Å².